The second-order valence-electron chi connectivity index (χ2n) is 4.30. The molecule has 1 saturated carbocycles. The molecule has 2 aromatic rings. The molecule has 0 unspecified atom stereocenters. The van der Waals surface area contributed by atoms with Crippen LogP contribution in [-0.4, -0.2) is 15.5 Å². The second-order valence-corrected chi connectivity index (χ2v) is 4.30. The molecule has 0 aromatic carbocycles. The monoisotopic (exact) mass is 203 g/mol. The van der Waals surface area contributed by atoms with Crippen LogP contribution in [0.3, 0.4) is 0 Å². The van der Waals surface area contributed by atoms with Gasteiger partial charge in [-0.15, -0.1) is 0 Å². The highest BCUT2D eigenvalue weighted by Crippen LogP contribution is 2.36. The van der Waals surface area contributed by atoms with Crippen molar-refractivity contribution in [1.29, 1.82) is 0 Å². The summed E-state index contributed by atoms with van der Waals surface area (Å²) in [6.07, 6.45) is 5.74. The Hall–Kier alpha value is -1.42. The van der Waals surface area contributed by atoms with Gasteiger partial charge < -0.3 is 10.2 Å². The summed E-state index contributed by atoms with van der Waals surface area (Å²) in [6, 6.07) is 3.77. The molecule has 0 bridgehead atoms. The third-order valence-electron chi connectivity index (χ3n) is 2.94. The summed E-state index contributed by atoms with van der Waals surface area (Å²) in [6.45, 7) is 0. The van der Waals surface area contributed by atoms with E-state index in [1.807, 2.05) is 12.1 Å². The van der Waals surface area contributed by atoms with Gasteiger partial charge in [-0.2, -0.15) is 0 Å². The lowest BCUT2D eigenvalue weighted by atomic mass is 10.1. The smallest absolute Gasteiger partial charge is 0.246 e. The van der Waals surface area contributed by atoms with E-state index >= 15 is 0 Å². The first-order valence-corrected chi connectivity index (χ1v) is 5.25. The topological polar surface area (TPSA) is 64.9 Å². The molecule has 78 valence electrons. The average Bonchev–Trinajstić information content (AvgIpc) is 2.83. The van der Waals surface area contributed by atoms with Gasteiger partial charge in [-0.1, -0.05) is 0 Å². The molecule has 2 aromatic heterocycles. The van der Waals surface area contributed by atoms with E-state index in [2.05, 4.69) is 9.97 Å². The Morgan fingerprint density at radius 1 is 1.47 bits per heavy atom. The highest BCUT2D eigenvalue weighted by molar-refractivity contribution is 5.67. The fourth-order valence-electron chi connectivity index (χ4n) is 1.69. The molecule has 0 aliphatic heterocycles. The number of hydrogen-bond acceptors (Lipinski definition) is 4. The van der Waals surface area contributed by atoms with Crippen molar-refractivity contribution >= 4 is 11.2 Å². The minimum atomic E-state index is 0.0636. The van der Waals surface area contributed by atoms with Crippen LogP contribution in [0.1, 0.15) is 25.2 Å². The number of hydrogen-bond donors (Lipinski definition) is 1. The van der Waals surface area contributed by atoms with Crippen molar-refractivity contribution in [3.8, 4) is 0 Å². The average molecular weight is 203 g/mol. The molecule has 1 aliphatic rings. The molecule has 15 heavy (non-hydrogen) atoms. The van der Waals surface area contributed by atoms with Gasteiger partial charge in [-0.3, -0.25) is 0 Å². The molecule has 0 atom stereocenters. The minimum Gasteiger partial charge on any atom is -0.422 e. The van der Waals surface area contributed by atoms with Crippen molar-refractivity contribution in [2.45, 2.75) is 31.2 Å². The summed E-state index contributed by atoms with van der Waals surface area (Å²) < 4.78 is 5.51. The largest absolute Gasteiger partial charge is 0.422 e. The fourth-order valence-corrected chi connectivity index (χ4v) is 1.69. The van der Waals surface area contributed by atoms with E-state index in [1.54, 1.807) is 6.20 Å². The van der Waals surface area contributed by atoms with Gasteiger partial charge in [0.25, 0.3) is 0 Å². The Morgan fingerprint density at radius 2 is 2.33 bits per heavy atom. The van der Waals surface area contributed by atoms with Gasteiger partial charge in [0.15, 0.2) is 5.89 Å². The molecular formula is C11H13N3O. The molecule has 1 fully saturated rings. The lowest BCUT2D eigenvalue weighted by molar-refractivity contribution is 0.486. The first kappa shape index (κ1) is 8.85. The van der Waals surface area contributed by atoms with Gasteiger partial charge in [0.1, 0.15) is 5.52 Å². The number of nitrogens with zero attached hydrogens (tertiary/aromatic N) is 2. The summed E-state index contributed by atoms with van der Waals surface area (Å²) in [5, 5.41) is 0. The van der Waals surface area contributed by atoms with E-state index in [9.17, 15) is 0 Å². The second kappa shape index (κ2) is 3.03. The predicted octanol–water partition coefficient (Wildman–Crippen LogP) is 1.65. The summed E-state index contributed by atoms with van der Waals surface area (Å²) in [5.74, 6) is 0.750. The third kappa shape index (κ3) is 1.72. The van der Waals surface area contributed by atoms with E-state index in [1.165, 1.54) is 0 Å². The SMILES string of the molecule is NC1(CCc2nc3cccnc3o2)CC1. The normalized spacial score (nSPS) is 18.2. The Kier molecular flexibility index (Phi) is 1.79. The Balaban J connectivity index is 1.79. The molecule has 3 rings (SSSR count). The number of oxazole rings is 1. The predicted molar refractivity (Wildman–Crippen MR) is 56.3 cm³/mol. The highest BCUT2D eigenvalue weighted by Gasteiger charge is 2.37. The van der Waals surface area contributed by atoms with Crippen LogP contribution >= 0.6 is 0 Å². The number of aryl methyl sites for hydroxylation is 1. The van der Waals surface area contributed by atoms with Gasteiger partial charge >= 0.3 is 0 Å². The maximum atomic E-state index is 6.00. The molecule has 2 heterocycles. The number of nitrogens with two attached hydrogens (primary N) is 1. The molecule has 2 N–H and O–H groups in total. The van der Waals surface area contributed by atoms with Crippen molar-refractivity contribution in [2.24, 2.45) is 5.73 Å². The third-order valence-corrected chi connectivity index (χ3v) is 2.94. The molecule has 0 radical (unpaired) electrons. The van der Waals surface area contributed by atoms with Crippen molar-refractivity contribution < 1.29 is 4.42 Å². The van der Waals surface area contributed by atoms with Gasteiger partial charge in [0.2, 0.25) is 5.71 Å². The molecule has 0 saturated heterocycles. The van der Waals surface area contributed by atoms with Crippen LogP contribution in [0.15, 0.2) is 22.7 Å². The van der Waals surface area contributed by atoms with Crippen molar-refractivity contribution in [3.05, 3.63) is 24.2 Å². The number of fused-ring (bicyclic) bond motifs is 1. The zero-order valence-corrected chi connectivity index (χ0v) is 8.44. The van der Waals surface area contributed by atoms with Crippen LogP contribution in [0.4, 0.5) is 0 Å². The van der Waals surface area contributed by atoms with E-state index < -0.39 is 0 Å². The van der Waals surface area contributed by atoms with Crippen LogP contribution in [0.2, 0.25) is 0 Å². The molecule has 0 amide bonds. The summed E-state index contributed by atoms with van der Waals surface area (Å²) >= 11 is 0. The first-order chi connectivity index (χ1) is 7.25. The van der Waals surface area contributed by atoms with Crippen molar-refractivity contribution in [3.63, 3.8) is 0 Å². The lowest BCUT2D eigenvalue weighted by Crippen LogP contribution is -2.22. The molecule has 4 nitrogen and oxygen atoms in total. The van der Waals surface area contributed by atoms with Gasteiger partial charge in [-0.25, -0.2) is 9.97 Å². The molecule has 0 spiro atoms. The van der Waals surface area contributed by atoms with Crippen LogP contribution in [0.25, 0.3) is 11.2 Å². The Morgan fingerprint density at radius 3 is 3.07 bits per heavy atom. The van der Waals surface area contributed by atoms with E-state index in [4.69, 9.17) is 10.2 Å². The van der Waals surface area contributed by atoms with Crippen LogP contribution in [0, 0.1) is 0 Å². The molecule has 1 aliphatic carbocycles. The summed E-state index contributed by atoms with van der Waals surface area (Å²) in [4.78, 5) is 8.46. The fraction of sp³-hybridized carbons (Fsp3) is 0.455. The summed E-state index contributed by atoms with van der Waals surface area (Å²) in [7, 11) is 0. The number of rotatable bonds is 3. The van der Waals surface area contributed by atoms with Crippen LogP contribution in [-0.2, 0) is 6.42 Å². The number of pyridine rings is 1. The first-order valence-electron chi connectivity index (χ1n) is 5.25. The van der Waals surface area contributed by atoms with Crippen molar-refractivity contribution in [1.82, 2.24) is 9.97 Å². The van der Waals surface area contributed by atoms with Gasteiger partial charge in [-0.05, 0) is 31.4 Å². The van der Waals surface area contributed by atoms with Gasteiger partial charge in [0.05, 0.1) is 0 Å². The Bertz CT molecular complexity index is 454. The van der Waals surface area contributed by atoms with E-state index in [-0.39, 0.29) is 5.54 Å². The molecule has 4 heteroatoms. The zero-order chi connectivity index (χ0) is 10.3. The Labute approximate surface area is 87.5 Å². The van der Waals surface area contributed by atoms with Crippen LogP contribution < -0.4 is 5.73 Å². The maximum Gasteiger partial charge on any atom is 0.246 e. The number of aromatic nitrogens is 2. The van der Waals surface area contributed by atoms with Crippen molar-refractivity contribution in [2.75, 3.05) is 0 Å². The van der Waals surface area contributed by atoms with Gasteiger partial charge in [0, 0.05) is 18.2 Å². The van der Waals surface area contributed by atoms with Crippen LogP contribution in [0.5, 0.6) is 0 Å². The molecular weight excluding hydrogens is 190 g/mol. The van der Waals surface area contributed by atoms with E-state index in [0.29, 0.717) is 5.71 Å². The van der Waals surface area contributed by atoms with E-state index in [0.717, 1.165) is 37.1 Å². The quantitative estimate of drug-likeness (QED) is 0.823. The zero-order valence-electron chi connectivity index (χ0n) is 8.44. The lowest BCUT2D eigenvalue weighted by Gasteiger charge is -2.04. The minimum absolute atomic E-state index is 0.0636. The summed E-state index contributed by atoms with van der Waals surface area (Å²) in [5.41, 5.74) is 7.52. The standard InChI is InChI=1S/C11H13N3O/c12-11(5-6-11)4-3-9-14-8-2-1-7-13-10(8)15-9/h1-2,7H,3-6,12H2. The highest BCUT2D eigenvalue weighted by atomic mass is 16.4. The maximum absolute atomic E-state index is 6.00.